The molecule has 0 N–H and O–H groups in total. The minimum Gasteiger partial charge on any atom is -0.369 e. The summed E-state index contributed by atoms with van der Waals surface area (Å²) in [5.74, 6) is 1.76. The topological polar surface area (TPSA) is 61.8 Å². The monoisotopic (exact) mass is 520 g/mol. The highest BCUT2D eigenvalue weighted by molar-refractivity contribution is 7.47. The Morgan fingerprint density at radius 1 is 1.08 bits per heavy atom. The summed E-state index contributed by atoms with van der Waals surface area (Å²) in [4.78, 5) is 25.5. The summed E-state index contributed by atoms with van der Waals surface area (Å²) in [7, 11) is -1.10. The smallest absolute Gasteiger partial charge is 0.198 e. The second-order valence-electron chi connectivity index (χ2n) is 11.3. The van der Waals surface area contributed by atoms with E-state index in [-0.39, 0.29) is 34.1 Å². The van der Waals surface area contributed by atoms with E-state index in [1.54, 1.807) is 6.08 Å². The van der Waals surface area contributed by atoms with Gasteiger partial charge in [0.15, 0.2) is 14.2 Å². The molecule has 0 aromatic rings. The average molecular weight is 521 g/mol. The highest BCUT2D eigenvalue weighted by Crippen LogP contribution is 2.70. The quantitative estimate of drug-likeness (QED) is 0.292. The van der Waals surface area contributed by atoms with E-state index in [2.05, 4.69) is 26.8 Å². The molecule has 36 heavy (non-hydrogen) atoms. The predicted octanol–water partition coefficient (Wildman–Crippen LogP) is 7.64. The molecule has 6 unspecified atom stereocenters. The van der Waals surface area contributed by atoms with E-state index < -0.39 is 8.38 Å². The van der Waals surface area contributed by atoms with Crippen molar-refractivity contribution in [2.45, 2.75) is 100 Å². The van der Waals surface area contributed by atoms with E-state index in [1.165, 1.54) is 5.57 Å². The van der Waals surface area contributed by atoms with Gasteiger partial charge in [0.1, 0.15) is 12.1 Å². The molecule has 0 saturated heterocycles. The number of ketones is 2. The van der Waals surface area contributed by atoms with Gasteiger partial charge in [0.25, 0.3) is 0 Å². The first kappa shape index (κ1) is 29.7. The molecule has 0 radical (unpaired) electrons. The molecule has 5 nitrogen and oxygen atoms in total. The fourth-order valence-electron chi connectivity index (χ4n) is 8.10. The normalized spacial score (nSPS) is 39.0. The SMILES string of the molecule is CC.CCOP(COC1CC2(C)C(CC[C@]2(C)C(=O)CC)C2CCC3=CC(=O)C=CC3(C)C12)OCC. The van der Waals surface area contributed by atoms with Crippen LogP contribution < -0.4 is 0 Å². The molecule has 3 fully saturated rings. The first-order chi connectivity index (χ1) is 17.1. The second-order valence-corrected chi connectivity index (χ2v) is 12.7. The summed E-state index contributed by atoms with van der Waals surface area (Å²) < 4.78 is 18.5. The summed E-state index contributed by atoms with van der Waals surface area (Å²) >= 11 is 0. The third kappa shape index (κ3) is 4.95. The van der Waals surface area contributed by atoms with Crippen molar-refractivity contribution in [2.24, 2.45) is 34.0 Å². The van der Waals surface area contributed by atoms with Crippen LogP contribution >= 0.6 is 8.38 Å². The van der Waals surface area contributed by atoms with Crippen molar-refractivity contribution in [1.29, 1.82) is 0 Å². The molecule has 0 aromatic heterocycles. The minimum atomic E-state index is -1.10. The third-order valence-corrected chi connectivity index (χ3v) is 11.4. The van der Waals surface area contributed by atoms with Gasteiger partial charge in [0, 0.05) is 23.2 Å². The Balaban J connectivity index is 0.00000176. The van der Waals surface area contributed by atoms with Crippen molar-refractivity contribution in [2.75, 3.05) is 19.6 Å². The molecule has 0 heterocycles. The average Bonchev–Trinajstić information content (AvgIpc) is 3.14. The lowest BCUT2D eigenvalue weighted by Crippen LogP contribution is -2.59. The van der Waals surface area contributed by atoms with Gasteiger partial charge < -0.3 is 13.8 Å². The lowest BCUT2D eigenvalue weighted by Gasteiger charge is -2.61. The molecule has 0 aromatic carbocycles. The maximum absolute atomic E-state index is 13.3. The van der Waals surface area contributed by atoms with E-state index >= 15 is 0 Å². The number of carbonyl (C=O) groups excluding carboxylic acids is 2. The fraction of sp³-hybridized carbons (Fsp3) is 0.800. The van der Waals surface area contributed by atoms with Gasteiger partial charge in [-0.05, 0) is 75.4 Å². The number of ether oxygens (including phenoxy) is 1. The van der Waals surface area contributed by atoms with Crippen molar-refractivity contribution in [3.05, 3.63) is 23.8 Å². The molecule has 3 saturated carbocycles. The van der Waals surface area contributed by atoms with Crippen molar-refractivity contribution >= 4 is 19.9 Å². The molecule has 0 bridgehead atoms. The summed E-state index contributed by atoms with van der Waals surface area (Å²) in [6, 6.07) is 0. The van der Waals surface area contributed by atoms with Crippen LogP contribution in [0.2, 0.25) is 0 Å². The number of fused-ring (bicyclic) bond motifs is 5. The number of carbonyl (C=O) groups is 2. The van der Waals surface area contributed by atoms with Gasteiger partial charge in [-0.25, -0.2) is 0 Å². The zero-order chi connectivity index (χ0) is 26.7. The van der Waals surface area contributed by atoms with Gasteiger partial charge in [0.2, 0.25) is 0 Å². The van der Waals surface area contributed by atoms with Crippen LogP contribution in [0.15, 0.2) is 23.8 Å². The highest BCUT2D eigenvalue weighted by atomic mass is 31.2. The van der Waals surface area contributed by atoms with Gasteiger partial charge in [-0.3, -0.25) is 9.59 Å². The third-order valence-electron chi connectivity index (χ3n) is 9.96. The van der Waals surface area contributed by atoms with Crippen LogP contribution in [0.1, 0.15) is 93.9 Å². The Bertz CT molecular complexity index is 861. The zero-order valence-electron chi connectivity index (χ0n) is 23.9. The number of rotatable bonds is 9. The van der Waals surface area contributed by atoms with Crippen LogP contribution in [-0.4, -0.2) is 37.2 Å². The van der Waals surface area contributed by atoms with Crippen LogP contribution in [0.25, 0.3) is 0 Å². The van der Waals surface area contributed by atoms with E-state index in [9.17, 15) is 9.59 Å². The second kappa shape index (κ2) is 11.9. The molecule has 7 atom stereocenters. The molecule has 0 amide bonds. The van der Waals surface area contributed by atoms with Crippen molar-refractivity contribution < 1.29 is 23.4 Å². The van der Waals surface area contributed by atoms with Gasteiger partial charge in [-0.2, -0.15) is 0 Å². The lowest BCUT2D eigenvalue weighted by molar-refractivity contribution is -0.160. The largest absolute Gasteiger partial charge is 0.369 e. The first-order valence-electron chi connectivity index (χ1n) is 14.3. The summed E-state index contributed by atoms with van der Waals surface area (Å²) in [5, 5.41) is 0. The van der Waals surface area contributed by atoms with E-state index in [1.807, 2.05) is 40.7 Å². The van der Waals surface area contributed by atoms with E-state index in [0.29, 0.717) is 43.6 Å². The molecule has 0 aliphatic heterocycles. The van der Waals surface area contributed by atoms with Crippen molar-refractivity contribution in [1.82, 2.24) is 0 Å². The molecular formula is C30H49O5P. The van der Waals surface area contributed by atoms with Crippen LogP contribution in [0.3, 0.4) is 0 Å². The van der Waals surface area contributed by atoms with Crippen LogP contribution in [0.4, 0.5) is 0 Å². The highest BCUT2D eigenvalue weighted by Gasteiger charge is 2.66. The molecule has 6 heteroatoms. The Hall–Kier alpha value is -0.870. The number of hydrogen-bond donors (Lipinski definition) is 0. The van der Waals surface area contributed by atoms with Gasteiger partial charge >= 0.3 is 0 Å². The molecule has 4 aliphatic carbocycles. The predicted molar refractivity (Wildman–Crippen MR) is 147 cm³/mol. The lowest BCUT2D eigenvalue weighted by atomic mass is 9.45. The van der Waals surface area contributed by atoms with E-state index in [0.717, 1.165) is 32.1 Å². The number of Topliss-reactive ketones (excluding diaryl/α,β-unsaturated/α-hetero) is 1. The van der Waals surface area contributed by atoms with E-state index in [4.69, 9.17) is 13.8 Å². The van der Waals surface area contributed by atoms with Gasteiger partial charge in [0.05, 0.1) is 19.3 Å². The maximum Gasteiger partial charge on any atom is 0.198 e. The maximum atomic E-state index is 13.3. The molecule has 0 spiro atoms. The Labute approximate surface area is 220 Å². The molecule has 4 rings (SSSR count). The molecule has 204 valence electrons. The summed E-state index contributed by atoms with van der Waals surface area (Å²) in [6.07, 6.45) is 11.8. The minimum absolute atomic E-state index is 0.00852. The van der Waals surface area contributed by atoms with Gasteiger partial charge in [-0.1, -0.05) is 53.2 Å². The van der Waals surface area contributed by atoms with Crippen molar-refractivity contribution in [3.63, 3.8) is 0 Å². The van der Waals surface area contributed by atoms with Gasteiger partial charge in [-0.15, -0.1) is 0 Å². The van der Waals surface area contributed by atoms with Crippen LogP contribution in [0.5, 0.6) is 0 Å². The number of allylic oxidation sites excluding steroid dienone is 4. The summed E-state index contributed by atoms with van der Waals surface area (Å²) in [6.45, 7) is 18.1. The van der Waals surface area contributed by atoms with Crippen LogP contribution in [0, 0.1) is 34.0 Å². The van der Waals surface area contributed by atoms with Crippen molar-refractivity contribution in [3.8, 4) is 0 Å². The Morgan fingerprint density at radius 2 is 1.75 bits per heavy atom. The summed E-state index contributed by atoms with van der Waals surface area (Å²) in [5.41, 5.74) is 0.674. The zero-order valence-corrected chi connectivity index (χ0v) is 24.8. The van der Waals surface area contributed by atoms with Crippen LogP contribution in [-0.2, 0) is 23.4 Å². The Kier molecular flexibility index (Phi) is 9.80. The molecular weight excluding hydrogens is 471 g/mol. The number of hydrogen-bond acceptors (Lipinski definition) is 5. The Morgan fingerprint density at radius 3 is 2.36 bits per heavy atom. The standard InChI is InChI=1S/C28H43O5P.C2H6/c1-7-24(30)27(5)15-13-22-21-11-10-19-16-20(29)12-14-26(19,4)25(21)23(17-28(22,27)6)31-18-34(32-8-2)33-9-3;1-2/h12,14,16,21-23,25H,7-11,13,15,17-18H2,1-6H3;1-2H3/t21?,22?,23?,25?,26?,27-,28?;/m1./s1. The fourth-order valence-corrected chi connectivity index (χ4v) is 9.21. The first-order valence-corrected chi connectivity index (χ1v) is 15.6. The molecule has 4 aliphatic rings.